The Hall–Kier alpha value is -1.24. The van der Waals surface area contributed by atoms with Crippen LogP contribution >= 0.6 is 0 Å². The second-order valence-electron chi connectivity index (χ2n) is 4.36. The van der Waals surface area contributed by atoms with Gasteiger partial charge in [-0.05, 0) is 39.0 Å². The Morgan fingerprint density at radius 2 is 2.31 bits per heavy atom. The molecule has 0 saturated carbocycles. The van der Waals surface area contributed by atoms with Gasteiger partial charge in [-0.3, -0.25) is 0 Å². The van der Waals surface area contributed by atoms with Gasteiger partial charge in [-0.25, -0.2) is 4.79 Å². The van der Waals surface area contributed by atoms with E-state index in [1.807, 2.05) is 4.90 Å². The zero-order valence-corrected chi connectivity index (χ0v) is 10.1. The number of amides is 1. The standard InChI is InChI=1S/C12H20N2O2/c1-10-6-5-8-11(7-3-4-9-13)14(10)12(15)16-2/h10-11H,3-8H2,1-2H3/t10-,11+/m0/s1. The minimum absolute atomic E-state index is 0.228. The molecule has 0 bridgehead atoms. The molecule has 90 valence electrons. The van der Waals surface area contributed by atoms with Crippen LogP contribution in [0.3, 0.4) is 0 Å². The van der Waals surface area contributed by atoms with E-state index in [0.717, 1.165) is 32.1 Å². The maximum absolute atomic E-state index is 11.7. The summed E-state index contributed by atoms with van der Waals surface area (Å²) in [5, 5.41) is 8.51. The number of piperidine rings is 1. The van der Waals surface area contributed by atoms with Gasteiger partial charge < -0.3 is 9.64 Å². The zero-order chi connectivity index (χ0) is 12.0. The predicted molar refractivity (Wildman–Crippen MR) is 60.8 cm³/mol. The summed E-state index contributed by atoms with van der Waals surface area (Å²) in [6.07, 6.45) is 5.35. The van der Waals surface area contributed by atoms with Crippen molar-refractivity contribution < 1.29 is 9.53 Å². The van der Waals surface area contributed by atoms with Crippen LogP contribution in [0.2, 0.25) is 0 Å². The van der Waals surface area contributed by atoms with Gasteiger partial charge in [0.25, 0.3) is 0 Å². The van der Waals surface area contributed by atoms with Crippen LogP contribution in [0.4, 0.5) is 4.79 Å². The first-order valence-electron chi connectivity index (χ1n) is 5.94. The maximum atomic E-state index is 11.7. The summed E-state index contributed by atoms with van der Waals surface area (Å²) in [5.41, 5.74) is 0. The lowest BCUT2D eigenvalue weighted by Gasteiger charge is -2.39. The minimum Gasteiger partial charge on any atom is -0.453 e. The fourth-order valence-electron chi connectivity index (χ4n) is 2.42. The Kier molecular flexibility index (Phi) is 5.10. The maximum Gasteiger partial charge on any atom is 0.409 e. The van der Waals surface area contributed by atoms with Crippen molar-refractivity contribution in [2.75, 3.05) is 7.11 Å². The summed E-state index contributed by atoms with van der Waals surface area (Å²) in [7, 11) is 1.43. The van der Waals surface area contributed by atoms with E-state index in [1.165, 1.54) is 7.11 Å². The highest BCUT2D eigenvalue weighted by molar-refractivity contribution is 5.68. The molecule has 0 unspecified atom stereocenters. The molecule has 1 amide bonds. The Morgan fingerprint density at radius 1 is 1.56 bits per heavy atom. The molecule has 1 aliphatic heterocycles. The number of ether oxygens (including phenoxy) is 1. The number of rotatable bonds is 3. The lowest BCUT2D eigenvalue weighted by molar-refractivity contribution is 0.0604. The molecular weight excluding hydrogens is 204 g/mol. The van der Waals surface area contributed by atoms with Crippen molar-refractivity contribution in [1.29, 1.82) is 5.26 Å². The predicted octanol–water partition coefficient (Wildman–Crippen LogP) is 2.69. The molecule has 4 heteroatoms. The summed E-state index contributed by atoms with van der Waals surface area (Å²) >= 11 is 0. The molecule has 1 aliphatic rings. The molecule has 1 saturated heterocycles. The van der Waals surface area contributed by atoms with Crippen LogP contribution in [0.25, 0.3) is 0 Å². The van der Waals surface area contributed by atoms with Crippen molar-refractivity contribution in [2.24, 2.45) is 0 Å². The molecular formula is C12H20N2O2. The molecule has 4 nitrogen and oxygen atoms in total. The molecule has 2 atom stereocenters. The quantitative estimate of drug-likeness (QED) is 0.692. The van der Waals surface area contributed by atoms with E-state index < -0.39 is 0 Å². The van der Waals surface area contributed by atoms with Gasteiger partial charge in [0.15, 0.2) is 0 Å². The first kappa shape index (κ1) is 12.8. The molecule has 1 rings (SSSR count). The van der Waals surface area contributed by atoms with Gasteiger partial charge in [0.1, 0.15) is 0 Å². The third-order valence-electron chi connectivity index (χ3n) is 3.24. The first-order valence-corrected chi connectivity index (χ1v) is 5.94. The summed E-state index contributed by atoms with van der Waals surface area (Å²) in [6.45, 7) is 2.06. The number of methoxy groups -OCH3 is 1. The zero-order valence-electron chi connectivity index (χ0n) is 10.1. The molecule has 16 heavy (non-hydrogen) atoms. The van der Waals surface area contributed by atoms with E-state index in [2.05, 4.69) is 13.0 Å². The fourth-order valence-corrected chi connectivity index (χ4v) is 2.42. The lowest BCUT2D eigenvalue weighted by Crippen LogP contribution is -2.48. The van der Waals surface area contributed by atoms with Gasteiger partial charge in [-0.1, -0.05) is 0 Å². The molecule has 0 N–H and O–H groups in total. The number of nitriles is 1. The topological polar surface area (TPSA) is 53.3 Å². The highest BCUT2D eigenvalue weighted by Gasteiger charge is 2.31. The number of likely N-dealkylation sites (tertiary alicyclic amines) is 1. The van der Waals surface area contributed by atoms with Crippen LogP contribution < -0.4 is 0 Å². The molecule has 0 aliphatic carbocycles. The number of unbranched alkanes of at least 4 members (excludes halogenated alkanes) is 1. The second-order valence-corrected chi connectivity index (χ2v) is 4.36. The average Bonchev–Trinajstić information content (AvgIpc) is 2.29. The summed E-state index contributed by atoms with van der Waals surface area (Å²) < 4.78 is 4.82. The summed E-state index contributed by atoms with van der Waals surface area (Å²) in [4.78, 5) is 13.5. The van der Waals surface area contributed by atoms with E-state index in [1.54, 1.807) is 0 Å². The minimum atomic E-state index is -0.228. The monoisotopic (exact) mass is 224 g/mol. The van der Waals surface area contributed by atoms with E-state index in [0.29, 0.717) is 6.42 Å². The van der Waals surface area contributed by atoms with E-state index in [4.69, 9.17) is 10.00 Å². The summed E-state index contributed by atoms with van der Waals surface area (Å²) in [5.74, 6) is 0. The van der Waals surface area contributed by atoms with Crippen LogP contribution in [0.5, 0.6) is 0 Å². The number of carbonyl (C=O) groups excluding carboxylic acids is 1. The molecule has 0 aromatic heterocycles. The first-order chi connectivity index (χ1) is 7.70. The molecule has 0 aromatic carbocycles. The third kappa shape index (κ3) is 3.13. The highest BCUT2D eigenvalue weighted by atomic mass is 16.5. The second kappa shape index (κ2) is 6.37. The van der Waals surface area contributed by atoms with Crippen molar-refractivity contribution in [3.63, 3.8) is 0 Å². The van der Waals surface area contributed by atoms with Gasteiger partial charge in [-0.2, -0.15) is 5.26 Å². The molecule has 1 fully saturated rings. The van der Waals surface area contributed by atoms with Gasteiger partial charge >= 0.3 is 6.09 Å². The molecule has 0 spiro atoms. The molecule has 0 aromatic rings. The van der Waals surface area contributed by atoms with Gasteiger partial charge in [0.05, 0.1) is 13.2 Å². The van der Waals surface area contributed by atoms with E-state index in [9.17, 15) is 4.79 Å². The molecule has 0 radical (unpaired) electrons. The van der Waals surface area contributed by atoms with Crippen LogP contribution in [-0.4, -0.2) is 30.2 Å². The van der Waals surface area contributed by atoms with Gasteiger partial charge in [-0.15, -0.1) is 0 Å². The Balaban J connectivity index is 2.56. The van der Waals surface area contributed by atoms with Crippen molar-refractivity contribution in [1.82, 2.24) is 4.90 Å². The highest BCUT2D eigenvalue weighted by Crippen LogP contribution is 2.26. The lowest BCUT2D eigenvalue weighted by atomic mass is 9.93. The van der Waals surface area contributed by atoms with E-state index >= 15 is 0 Å². The Labute approximate surface area is 97.2 Å². The smallest absolute Gasteiger partial charge is 0.409 e. The van der Waals surface area contributed by atoms with Crippen LogP contribution in [-0.2, 0) is 4.74 Å². The van der Waals surface area contributed by atoms with Crippen molar-refractivity contribution in [3.8, 4) is 6.07 Å². The number of nitrogens with zero attached hydrogens (tertiary/aromatic N) is 2. The number of carbonyl (C=O) groups is 1. The van der Waals surface area contributed by atoms with Crippen LogP contribution in [0, 0.1) is 11.3 Å². The SMILES string of the molecule is COC(=O)N1[C@H](CCCC#N)CCC[C@@H]1C. The third-order valence-corrected chi connectivity index (χ3v) is 3.24. The van der Waals surface area contributed by atoms with Crippen molar-refractivity contribution in [3.05, 3.63) is 0 Å². The van der Waals surface area contributed by atoms with Crippen molar-refractivity contribution >= 4 is 6.09 Å². The number of hydrogen-bond donors (Lipinski definition) is 0. The van der Waals surface area contributed by atoms with Gasteiger partial charge in [0, 0.05) is 18.5 Å². The fraction of sp³-hybridized carbons (Fsp3) is 0.833. The number of hydrogen-bond acceptors (Lipinski definition) is 3. The van der Waals surface area contributed by atoms with Crippen molar-refractivity contribution in [2.45, 2.75) is 57.5 Å². The Morgan fingerprint density at radius 3 is 2.94 bits per heavy atom. The molecule has 1 heterocycles. The normalized spacial score (nSPS) is 24.9. The van der Waals surface area contributed by atoms with Crippen LogP contribution in [0.1, 0.15) is 45.4 Å². The average molecular weight is 224 g/mol. The summed E-state index contributed by atoms with van der Waals surface area (Å²) in [6, 6.07) is 2.65. The largest absolute Gasteiger partial charge is 0.453 e. The van der Waals surface area contributed by atoms with Crippen LogP contribution in [0.15, 0.2) is 0 Å². The van der Waals surface area contributed by atoms with Gasteiger partial charge in [0.2, 0.25) is 0 Å². The van der Waals surface area contributed by atoms with E-state index in [-0.39, 0.29) is 18.2 Å². The Bertz CT molecular complexity index is 273.